The summed E-state index contributed by atoms with van der Waals surface area (Å²) in [5, 5.41) is 6.30. The Bertz CT molecular complexity index is 866. The molecule has 0 atom stereocenters. The van der Waals surface area contributed by atoms with Crippen LogP contribution in [-0.2, 0) is 0 Å². The molecule has 120 valence electrons. The summed E-state index contributed by atoms with van der Waals surface area (Å²) in [7, 11) is 0. The highest BCUT2D eigenvalue weighted by atomic mass is 35.5. The minimum absolute atomic E-state index is 0.162. The molecule has 1 amide bonds. The van der Waals surface area contributed by atoms with Gasteiger partial charge in [-0.3, -0.25) is 4.79 Å². The molecule has 0 fully saturated rings. The second kappa shape index (κ2) is 7.72. The van der Waals surface area contributed by atoms with Crippen molar-refractivity contribution in [2.45, 2.75) is 0 Å². The van der Waals surface area contributed by atoms with E-state index in [9.17, 15) is 4.79 Å². The zero-order valence-corrected chi connectivity index (χ0v) is 13.9. The molecule has 2 aromatic heterocycles. The maximum absolute atomic E-state index is 12.3. The molecule has 3 rings (SSSR count). The van der Waals surface area contributed by atoms with Gasteiger partial charge < -0.3 is 4.74 Å². The Balaban J connectivity index is 1.76. The van der Waals surface area contributed by atoms with Crippen LogP contribution in [0.4, 0.5) is 0 Å². The minimum Gasteiger partial charge on any atom is -0.437 e. The fourth-order valence-corrected chi connectivity index (χ4v) is 2.62. The smallest absolute Gasteiger partial charge is 0.276 e. The molecule has 0 unspecified atom stereocenters. The van der Waals surface area contributed by atoms with Crippen molar-refractivity contribution in [1.82, 2.24) is 10.4 Å². The molecule has 0 saturated heterocycles. The number of hydrogen-bond acceptors (Lipinski definition) is 5. The van der Waals surface area contributed by atoms with E-state index >= 15 is 0 Å². The summed E-state index contributed by atoms with van der Waals surface area (Å²) in [5.74, 6) is 0.168. The van der Waals surface area contributed by atoms with Gasteiger partial charge in [0.1, 0.15) is 11.3 Å². The number of nitrogens with one attached hydrogen (secondary N) is 1. The number of nitrogens with zero attached hydrogens (tertiary/aromatic N) is 2. The van der Waals surface area contributed by atoms with Crippen LogP contribution in [-0.4, -0.2) is 17.1 Å². The molecular weight excluding hydrogens is 346 g/mol. The van der Waals surface area contributed by atoms with Crippen LogP contribution in [0.2, 0.25) is 5.02 Å². The third kappa shape index (κ3) is 3.98. The van der Waals surface area contributed by atoms with Crippen molar-refractivity contribution in [2.75, 3.05) is 0 Å². The Kier molecular flexibility index (Phi) is 5.20. The van der Waals surface area contributed by atoms with E-state index < -0.39 is 5.91 Å². The number of carbonyl (C=O) groups is 1. The predicted octanol–water partition coefficient (Wildman–Crippen LogP) is 4.35. The van der Waals surface area contributed by atoms with Crippen LogP contribution < -0.4 is 10.2 Å². The molecule has 0 aliphatic heterocycles. The Morgan fingerprint density at radius 1 is 1.21 bits per heavy atom. The highest BCUT2D eigenvalue weighted by Gasteiger charge is 2.14. The predicted molar refractivity (Wildman–Crippen MR) is 95.1 cm³/mol. The van der Waals surface area contributed by atoms with E-state index in [-0.39, 0.29) is 11.4 Å². The van der Waals surface area contributed by atoms with E-state index in [0.717, 1.165) is 4.88 Å². The molecule has 0 radical (unpaired) electrons. The first-order valence-electron chi connectivity index (χ1n) is 6.98. The van der Waals surface area contributed by atoms with Gasteiger partial charge in [-0.25, -0.2) is 10.4 Å². The quantitative estimate of drug-likeness (QED) is 0.545. The van der Waals surface area contributed by atoms with Crippen molar-refractivity contribution in [2.24, 2.45) is 5.10 Å². The molecule has 1 N–H and O–H groups in total. The van der Waals surface area contributed by atoms with Gasteiger partial charge in [0.25, 0.3) is 5.91 Å². The molecule has 0 aliphatic carbocycles. The van der Waals surface area contributed by atoms with Gasteiger partial charge in [0.15, 0.2) is 0 Å². The van der Waals surface area contributed by atoms with Gasteiger partial charge in [-0.15, -0.1) is 11.3 Å². The number of thiophene rings is 1. The fourth-order valence-electron chi connectivity index (χ4n) is 1.86. The minimum atomic E-state index is -0.419. The van der Waals surface area contributed by atoms with Crippen LogP contribution in [0, 0.1) is 0 Å². The largest absolute Gasteiger partial charge is 0.437 e. The number of aromatic nitrogens is 1. The molecule has 7 heteroatoms. The van der Waals surface area contributed by atoms with Gasteiger partial charge in [0.05, 0.1) is 11.2 Å². The number of amides is 1. The molecule has 0 aliphatic rings. The Labute approximate surface area is 147 Å². The van der Waals surface area contributed by atoms with Crippen LogP contribution in [0.25, 0.3) is 0 Å². The third-order valence-corrected chi connectivity index (χ3v) is 4.08. The first-order valence-corrected chi connectivity index (χ1v) is 8.24. The number of pyridine rings is 1. The molecule has 5 nitrogen and oxygen atoms in total. The van der Waals surface area contributed by atoms with Gasteiger partial charge in [-0.05, 0) is 35.7 Å². The van der Waals surface area contributed by atoms with Crippen LogP contribution in [0.3, 0.4) is 0 Å². The monoisotopic (exact) mass is 357 g/mol. The van der Waals surface area contributed by atoms with Crippen LogP contribution in [0.1, 0.15) is 15.2 Å². The maximum atomic E-state index is 12.3. The number of hydrazone groups is 1. The van der Waals surface area contributed by atoms with Crippen LogP contribution in [0.5, 0.6) is 11.6 Å². The molecule has 0 saturated carbocycles. The average Bonchev–Trinajstić information content (AvgIpc) is 3.11. The van der Waals surface area contributed by atoms with Crippen molar-refractivity contribution in [3.63, 3.8) is 0 Å². The standard InChI is InChI=1S/C17H12ClN3O2S/c18-14-7-1-2-8-15(14)23-17-13(6-3-9-19-17)16(22)21-20-11-12-5-4-10-24-12/h1-11H,(H,21,22)/b20-11+. The first kappa shape index (κ1) is 16.2. The lowest BCUT2D eigenvalue weighted by Gasteiger charge is -2.09. The normalized spacial score (nSPS) is 10.7. The summed E-state index contributed by atoms with van der Waals surface area (Å²) >= 11 is 7.60. The van der Waals surface area contributed by atoms with Crippen molar-refractivity contribution in [3.05, 3.63) is 75.6 Å². The number of ether oxygens (including phenoxy) is 1. The Morgan fingerprint density at radius 2 is 2.08 bits per heavy atom. The molecule has 0 spiro atoms. The highest BCUT2D eigenvalue weighted by Crippen LogP contribution is 2.29. The lowest BCUT2D eigenvalue weighted by Crippen LogP contribution is -2.18. The van der Waals surface area contributed by atoms with Gasteiger partial charge in [0.2, 0.25) is 5.88 Å². The first-order chi connectivity index (χ1) is 11.7. The van der Waals surface area contributed by atoms with Crippen LogP contribution in [0.15, 0.2) is 65.2 Å². The van der Waals surface area contributed by atoms with Crippen molar-refractivity contribution in [3.8, 4) is 11.6 Å². The topological polar surface area (TPSA) is 63.6 Å². The van der Waals surface area contributed by atoms with Gasteiger partial charge >= 0.3 is 0 Å². The van der Waals surface area contributed by atoms with Crippen molar-refractivity contribution in [1.29, 1.82) is 0 Å². The van der Waals surface area contributed by atoms with E-state index in [1.807, 2.05) is 17.5 Å². The van der Waals surface area contributed by atoms with Crippen molar-refractivity contribution < 1.29 is 9.53 Å². The summed E-state index contributed by atoms with van der Waals surface area (Å²) in [4.78, 5) is 17.3. The van der Waals surface area contributed by atoms with Crippen molar-refractivity contribution >= 4 is 35.1 Å². The highest BCUT2D eigenvalue weighted by molar-refractivity contribution is 7.11. The van der Waals surface area contributed by atoms with Gasteiger partial charge in [-0.1, -0.05) is 29.8 Å². The summed E-state index contributed by atoms with van der Waals surface area (Å²) in [6, 6.07) is 14.0. The van der Waals surface area contributed by atoms with E-state index in [1.54, 1.807) is 42.6 Å². The van der Waals surface area contributed by atoms with E-state index in [1.165, 1.54) is 17.5 Å². The summed E-state index contributed by atoms with van der Waals surface area (Å²) < 4.78 is 5.66. The number of rotatable bonds is 5. The maximum Gasteiger partial charge on any atom is 0.276 e. The van der Waals surface area contributed by atoms with E-state index in [2.05, 4.69) is 15.5 Å². The molecule has 24 heavy (non-hydrogen) atoms. The number of benzene rings is 1. The van der Waals surface area contributed by atoms with Gasteiger partial charge in [-0.2, -0.15) is 5.10 Å². The van der Waals surface area contributed by atoms with E-state index in [4.69, 9.17) is 16.3 Å². The summed E-state index contributed by atoms with van der Waals surface area (Å²) in [6.07, 6.45) is 3.12. The Morgan fingerprint density at radius 3 is 2.88 bits per heavy atom. The lowest BCUT2D eigenvalue weighted by molar-refractivity contribution is 0.0952. The third-order valence-electron chi connectivity index (χ3n) is 2.96. The summed E-state index contributed by atoms with van der Waals surface area (Å²) in [5.41, 5.74) is 2.73. The lowest BCUT2D eigenvalue weighted by atomic mass is 10.2. The van der Waals surface area contributed by atoms with Crippen LogP contribution >= 0.6 is 22.9 Å². The number of hydrogen-bond donors (Lipinski definition) is 1. The fraction of sp³-hybridized carbons (Fsp3) is 0. The van der Waals surface area contributed by atoms with E-state index in [0.29, 0.717) is 10.8 Å². The zero-order valence-electron chi connectivity index (χ0n) is 12.3. The molecule has 0 bridgehead atoms. The molecule has 2 heterocycles. The number of halogens is 1. The van der Waals surface area contributed by atoms with Gasteiger partial charge in [0, 0.05) is 11.1 Å². The summed E-state index contributed by atoms with van der Waals surface area (Å²) in [6.45, 7) is 0. The Hall–Kier alpha value is -2.70. The second-order valence-electron chi connectivity index (χ2n) is 4.60. The number of para-hydroxylation sites is 1. The molecular formula is C17H12ClN3O2S. The SMILES string of the molecule is O=C(N/N=C/c1cccs1)c1cccnc1Oc1ccccc1Cl. The molecule has 3 aromatic rings. The zero-order chi connectivity index (χ0) is 16.8. The average molecular weight is 358 g/mol. The second-order valence-corrected chi connectivity index (χ2v) is 5.99. The molecule has 1 aromatic carbocycles. The number of carbonyl (C=O) groups excluding carboxylic acids is 1.